The molecule has 1 saturated heterocycles. The van der Waals surface area contributed by atoms with Crippen molar-refractivity contribution < 1.29 is 29.0 Å². The van der Waals surface area contributed by atoms with E-state index in [4.69, 9.17) is 44.9 Å². The van der Waals surface area contributed by atoms with Crippen LogP contribution in [0.5, 0.6) is 0 Å². The number of aliphatic carboxylic acids is 2. The lowest BCUT2D eigenvalue weighted by Gasteiger charge is -2.22. The van der Waals surface area contributed by atoms with Crippen LogP contribution in [0.4, 0.5) is 0 Å². The van der Waals surface area contributed by atoms with Gasteiger partial charge in [-0.25, -0.2) is 4.79 Å². The van der Waals surface area contributed by atoms with Crippen LogP contribution in [0.25, 0.3) is 17.4 Å². The number of thiocarbonyl (C=S) groups is 1. The summed E-state index contributed by atoms with van der Waals surface area (Å²) in [5, 5.41) is 19.2. The summed E-state index contributed by atoms with van der Waals surface area (Å²) in [7, 11) is 0. The Morgan fingerprint density at radius 1 is 1.23 bits per heavy atom. The highest BCUT2D eigenvalue weighted by Gasteiger charge is 2.40. The van der Waals surface area contributed by atoms with Gasteiger partial charge in [0, 0.05) is 23.1 Å². The molecule has 1 aliphatic heterocycles. The van der Waals surface area contributed by atoms with Crippen molar-refractivity contribution in [3.05, 3.63) is 51.0 Å². The van der Waals surface area contributed by atoms with Gasteiger partial charge in [-0.05, 0) is 36.8 Å². The van der Waals surface area contributed by atoms with E-state index < -0.39 is 30.3 Å². The second kappa shape index (κ2) is 9.22. The van der Waals surface area contributed by atoms with Crippen LogP contribution in [0.1, 0.15) is 18.6 Å². The molecule has 1 atom stereocenters. The molecule has 1 aromatic heterocycles. The minimum atomic E-state index is -1.36. The number of furan rings is 1. The number of carboxylic acid groups (broad SMARTS) is 2. The van der Waals surface area contributed by atoms with Gasteiger partial charge in [-0.2, -0.15) is 0 Å². The standard InChI is InChI=1S/C19H13Cl2NO6S2/c20-9-1-3-12(21)11(7-9)14-5-2-10(28-14)8-15-17(25)22(19(29)30-15)13(18(26)27)4-6-16(23)24/h1-3,5,7-8,13H,4,6H2,(H,23,24)(H,26,27)/b15-8-. The van der Waals surface area contributed by atoms with Gasteiger partial charge in [-0.3, -0.25) is 14.5 Å². The van der Waals surface area contributed by atoms with E-state index >= 15 is 0 Å². The Kier molecular flexibility index (Phi) is 6.87. The number of rotatable bonds is 7. The molecule has 0 spiro atoms. The fourth-order valence-electron chi connectivity index (χ4n) is 2.76. The number of carboxylic acids is 2. The van der Waals surface area contributed by atoms with Crippen molar-refractivity contribution in [2.75, 3.05) is 0 Å². The van der Waals surface area contributed by atoms with Crippen LogP contribution in [0.2, 0.25) is 10.0 Å². The van der Waals surface area contributed by atoms with E-state index in [1.165, 1.54) is 6.08 Å². The monoisotopic (exact) mass is 485 g/mol. The molecule has 2 N–H and O–H groups in total. The molecule has 0 bridgehead atoms. The molecule has 1 unspecified atom stereocenters. The molecule has 7 nitrogen and oxygen atoms in total. The molecule has 3 rings (SSSR count). The third-order valence-electron chi connectivity index (χ3n) is 4.15. The van der Waals surface area contributed by atoms with E-state index in [0.29, 0.717) is 27.1 Å². The van der Waals surface area contributed by atoms with E-state index in [0.717, 1.165) is 16.7 Å². The molecule has 156 valence electrons. The molecule has 1 aliphatic rings. The Hall–Kier alpha value is -2.33. The zero-order valence-electron chi connectivity index (χ0n) is 15.0. The number of benzene rings is 1. The first-order chi connectivity index (χ1) is 14.2. The van der Waals surface area contributed by atoms with Crippen molar-refractivity contribution in [1.29, 1.82) is 0 Å². The van der Waals surface area contributed by atoms with Crippen LogP contribution >= 0.6 is 47.2 Å². The molecular formula is C19H13Cl2NO6S2. The maximum atomic E-state index is 12.7. The van der Waals surface area contributed by atoms with Crippen LogP contribution < -0.4 is 0 Å². The number of carbonyl (C=O) groups is 3. The Bertz CT molecular complexity index is 1080. The summed E-state index contributed by atoms with van der Waals surface area (Å²) < 4.78 is 5.77. The zero-order valence-corrected chi connectivity index (χ0v) is 18.1. The molecule has 30 heavy (non-hydrogen) atoms. The van der Waals surface area contributed by atoms with Gasteiger partial charge >= 0.3 is 11.9 Å². The van der Waals surface area contributed by atoms with Crippen molar-refractivity contribution in [1.82, 2.24) is 4.90 Å². The highest BCUT2D eigenvalue weighted by atomic mass is 35.5. The number of carbonyl (C=O) groups excluding carboxylic acids is 1. The van der Waals surface area contributed by atoms with Crippen LogP contribution in [0, 0.1) is 0 Å². The molecule has 2 aromatic rings. The van der Waals surface area contributed by atoms with Crippen molar-refractivity contribution >= 4 is 75.4 Å². The summed E-state index contributed by atoms with van der Waals surface area (Å²) in [6.45, 7) is 0. The normalized spacial score (nSPS) is 16.3. The maximum absolute atomic E-state index is 12.7. The second-order valence-electron chi connectivity index (χ2n) is 6.16. The number of thioether (sulfide) groups is 1. The number of hydrogen-bond donors (Lipinski definition) is 2. The first-order valence-corrected chi connectivity index (χ1v) is 10.4. The van der Waals surface area contributed by atoms with Gasteiger partial charge in [0.2, 0.25) is 0 Å². The smallest absolute Gasteiger partial charge is 0.326 e. The lowest BCUT2D eigenvalue weighted by atomic mass is 10.1. The predicted octanol–water partition coefficient (Wildman–Crippen LogP) is 4.77. The largest absolute Gasteiger partial charge is 0.481 e. The van der Waals surface area contributed by atoms with Crippen LogP contribution in [0.15, 0.2) is 39.7 Å². The number of nitrogens with zero attached hydrogens (tertiary/aromatic N) is 1. The van der Waals surface area contributed by atoms with Gasteiger partial charge < -0.3 is 14.6 Å². The molecule has 0 saturated carbocycles. The lowest BCUT2D eigenvalue weighted by molar-refractivity contribution is -0.146. The van der Waals surface area contributed by atoms with Crippen LogP contribution in [-0.4, -0.2) is 43.3 Å². The fourth-order valence-corrected chi connectivity index (χ4v) is 4.48. The Morgan fingerprint density at radius 2 is 1.97 bits per heavy atom. The van der Waals surface area contributed by atoms with Crippen molar-refractivity contribution in [3.8, 4) is 11.3 Å². The Balaban J connectivity index is 1.85. The van der Waals surface area contributed by atoms with Gasteiger partial charge in [0.05, 0.1) is 9.93 Å². The average Bonchev–Trinajstić information content (AvgIpc) is 3.23. The van der Waals surface area contributed by atoms with Crippen LogP contribution in [0.3, 0.4) is 0 Å². The quantitative estimate of drug-likeness (QED) is 0.426. The summed E-state index contributed by atoms with van der Waals surface area (Å²) in [5.74, 6) is -2.34. The molecule has 2 heterocycles. The summed E-state index contributed by atoms with van der Waals surface area (Å²) in [6, 6.07) is 6.85. The molecule has 1 amide bonds. The predicted molar refractivity (Wildman–Crippen MR) is 117 cm³/mol. The summed E-state index contributed by atoms with van der Waals surface area (Å²) in [4.78, 5) is 36.2. The number of halogens is 2. The number of hydrogen-bond acceptors (Lipinski definition) is 6. The van der Waals surface area contributed by atoms with Gasteiger partial charge in [-0.15, -0.1) is 0 Å². The van der Waals surface area contributed by atoms with E-state index in [2.05, 4.69) is 0 Å². The molecule has 11 heteroatoms. The van der Waals surface area contributed by atoms with E-state index in [1.807, 2.05) is 0 Å². The highest BCUT2D eigenvalue weighted by molar-refractivity contribution is 8.26. The van der Waals surface area contributed by atoms with E-state index in [1.54, 1.807) is 30.3 Å². The topological polar surface area (TPSA) is 108 Å². The lowest BCUT2D eigenvalue weighted by Crippen LogP contribution is -2.44. The Labute approximate surface area is 190 Å². The van der Waals surface area contributed by atoms with Crippen molar-refractivity contribution in [3.63, 3.8) is 0 Å². The van der Waals surface area contributed by atoms with Gasteiger partial charge in [0.25, 0.3) is 5.91 Å². The van der Waals surface area contributed by atoms with Gasteiger partial charge in [0.1, 0.15) is 21.9 Å². The minimum Gasteiger partial charge on any atom is -0.481 e. The van der Waals surface area contributed by atoms with Crippen LogP contribution in [-0.2, 0) is 14.4 Å². The second-order valence-corrected chi connectivity index (χ2v) is 8.68. The van der Waals surface area contributed by atoms with Gasteiger partial charge in [0.15, 0.2) is 0 Å². The molecular weight excluding hydrogens is 473 g/mol. The average molecular weight is 486 g/mol. The van der Waals surface area contributed by atoms with Crippen molar-refractivity contribution in [2.45, 2.75) is 18.9 Å². The van der Waals surface area contributed by atoms with Crippen molar-refractivity contribution in [2.24, 2.45) is 0 Å². The fraction of sp³-hybridized carbons (Fsp3) is 0.158. The first-order valence-electron chi connectivity index (χ1n) is 8.44. The van der Waals surface area contributed by atoms with E-state index in [9.17, 15) is 19.5 Å². The molecule has 1 fully saturated rings. The molecule has 0 aliphatic carbocycles. The maximum Gasteiger partial charge on any atom is 0.326 e. The third-order valence-corrected chi connectivity index (χ3v) is 6.04. The Morgan fingerprint density at radius 3 is 2.63 bits per heavy atom. The van der Waals surface area contributed by atoms with Gasteiger partial charge in [-0.1, -0.05) is 47.2 Å². The zero-order chi connectivity index (χ0) is 22.0. The first kappa shape index (κ1) is 22.4. The SMILES string of the molecule is O=C(O)CCC(C(=O)O)N1C(=O)/C(=C/c2ccc(-c3cc(Cl)ccc3Cl)o2)SC1=S. The summed E-state index contributed by atoms with van der Waals surface area (Å²) >= 11 is 18.2. The summed E-state index contributed by atoms with van der Waals surface area (Å²) in [5.41, 5.74) is 0.580. The third kappa shape index (κ3) is 4.86. The van der Waals surface area contributed by atoms with E-state index in [-0.39, 0.29) is 15.6 Å². The molecule has 1 aromatic carbocycles. The number of amides is 1. The molecule has 0 radical (unpaired) electrons. The summed E-state index contributed by atoms with van der Waals surface area (Å²) in [6.07, 6.45) is 0.773. The minimum absolute atomic E-state index is 0.0358. The highest BCUT2D eigenvalue weighted by Crippen LogP contribution is 2.37.